The third-order valence-electron chi connectivity index (χ3n) is 4.83. The van der Waals surface area contributed by atoms with Crippen LogP contribution in [0.3, 0.4) is 0 Å². The number of hydrogen-bond donors (Lipinski definition) is 0. The van der Waals surface area contributed by atoms with Crippen LogP contribution in [0.4, 0.5) is 0 Å². The average Bonchev–Trinajstić information content (AvgIpc) is 2.48. The van der Waals surface area contributed by atoms with Gasteiger partial charge < -0.3 is 4.79 Å². The third kappa shape index (κ3) is 0.971. The van der Waals surface area contributed by atoms with Gasteiger partial charge in [0, 0.05) is 18.3 Å². The van der Waals surface area contributed by atoms with E-state index in [1.165, 1.54) is 6.42 Å². The standard InChI is InChI=1S/C12H18O2/c1-11(2)9-4-6-12(11,5-3-7-13)10(14)8-9/h7,9H,3-6,8H2,1-2H3. The fraction of sp³-hybridized carbons (Fsp3) is 0.833. The fourth-order valence-electron chi connectivity index (χ4n) is 3.66. The van der Waals surface area contributed by atoms with Crippen LogP contribution in [-0.2, 0) is 9.59 Å². The summed E-state index contributed by atoms with van der Waals surface area (Å²) in [6, 6.07) is 0. The lowest BCUT2D eigenvalue weighted by Crippen LogP contribution is -2.35. The van der Waals surface area contributed by atoms with Gasteiger partial charge >= 0.3 is 0 Å². The first-order valence-electron chi connectivity index (χ1n) is 5.51. The van der Waals surface area contributed by atoms with Gasteiger partial charge in [-0.1, -0.05) is 13.8 Å². The fourth-order valence-corrected chi connectivity index (χ4v) is 3.66. The van der Waals surface area contributed by atoms with Crippen LogP contribution < -0.4 is 0 Å². The van der Waals surface area contributed by atoms with E-state index < -0.39 is 0 Å². The smallest absolute Gasteiger partial charge is 0.139 e. The normalized spacial score (nSPS) is 39.0. The van der Waals surface area contributed by atoms with E-state index in [-0.39, 0.29) is 10.8 Å². The molecule has 0 aromatic rings. The number of Topliss-reactive ketones (excluding diaryl/α,β-unsaturated/α-hetero) is 1. The predicted octanol–water partition coefficient (Wildman–Crippen LogP) is 2.36. The Kier molecular flexibility index (Phi) is 2.06. The number of hydrogen-bond acceptors (Lipinski definition) is 2. The first-order valence-corrected chi connectivity index (χ1v) is 5.51. The minimum Gasteiger partial charge on any atom is -0.303 e. The zero-order valence-corrected chi connectivity index (χ0v) is 9.01. The van der Waals surface area contributed by atoms with Gasteiger partial charge in [0.15, 0.2) is 0 Å². The van der Waals surface area contributed by atoms with E-state index >= 15 is 0 Å². The molecule has 2 fully saturated rings. The number of carbonyl (C=O) groups excluding carboxylic acids is 2. The number of rotatable bonds is 3. The van der Waals surface area contributed by atoms with Crippen molar-refractivity contribution in [3.63, 3.8) is 0 Å². The topological polar surface area (TPSA) is 34.1 Å². The molecule has 0 aromatic carbocycles. The molecule has 0 N–H and O–H groups in total. The molecule has 0 amide bonds. The van der Waals surface area contributed by atoms with Gasteiger partial charge in [-0.2, -0.15) is 0 Å². The largest absolute Gasteiger partial charge is 0.303 e. The highest BCUT2D eigenvalue weighted by Gasteiger charge is 2.63. The second-order valence-electron chi connectivity index (χ2n) is 5.37. The lowest BCUT2D eigenvalue weighted by atomic mass is 9.66. The molecule has 0 saturated heterocycles. The van der Waals surface area contributed by atoms with Crippen molar-refractivity contribution in [2.24, 2.45) is 16.7 Å². The lowest BCUT2D eigenvalue weighted by Gasteiger charge is -2.36. The summed E-state index contributed by atoms with van der Waals surface area (Å²) < 4.78 is 0. The summed E-state index contributed by atoms with van der Waals surface area (Å²) >= 11 is 0. The Morgan fingerprint density at radius 1 is 1.50 bits per heavy atom. The molecule has 2 bridgehead atoms. The molecule has 2 saturated carbocycles. The molecule has 2 aliphatic carbocycles. The molecule has 0 aliphatic heterocycles. The lowest BCUT2D eigenvalue weighted by molar-refractivity contribution is -0.130. The maximum absolute atomic E-state index is 12.0. The molecule has 2 rings (SSSR count). The third-order valence-corrected chi connectivity index (χ3v) is 4.83. The first kappa shape index (κ1) is 9.88. The Bertz CT molecular complexity index is 280. The van der Waals surface area contributed by atoms with Gasteiger partial charge in [0.05, 0.1) is 0 Å². The van der Waals surface area contributed by atoms with E-state index in [2.05, 4.69) is 13.8 Å². The molecule has 2 aliphatic rings. The van der Waals surface area contributed by atoms with Gasteiger partial charge in [0.25, 0.3) is 0 Å². The Labute approximate surface area is 85.1 Å². The van der Waals surface area contributed by atoms with Crippen LogP contribution in [-0.4, -0.2) is 12.1 Å². The van der Waals surface area contributed by atoms with Crippen LogP contribution in [0.1, 0.15) is 46.0 Å². The average molecular weight is 194 g/mol. The van der Waals surface area contributed by atoms with Crippen molar-refractivity contribution in [1.82, 2.24) is 0 Å². The van der Waals surface area contributed by atoms with E-state index in [9.17, 15) is 9.59 Å². The van der Waals surface area contributed by atoms with E-state index in [0.29, 0.717) is 18.1 Å². The van der Waals surface area contributed by atoms with Crippen LogP contribution in [0, 0.1) is 16.7 Å². The zero-order chi connectivity index (χ0) is 10.4. The summed E-state index contributed by atoms with van der Waals surface area (Å²) in [5.74, 6) is 0.988. The Balaban J connectivity index is 2.29. The maximum Gasteiger partial charge on any atom is 0.139 e. The molecule has 2 unspecified atom stereocenters. The highest BCUT2D eigenvalue weighted by Crippen LogP contribution is 2.65. The van der Waals surface area contributed by atoms with E-state index in [1.807, 2.05) is 0 Å². The summed E-state index contributed by atoms with van der Waals surface area (Å²) in [7, 11) is 0. The van der Waals surface area contributed by atoms with Crippen molar-refractivity contribution in [3.8, 4) is 0 Å². The highest BCUT2D eigenvalue weighted by atomic mass is 16.1. The number of carbonyl (C=O) groups is 2. The van der Waals surface area contributed by atoms with Gasteiger partial charge in [0.2, 0.25) is 0 Å². The second-order valence-corrected chi connectivity index (χ2v) is 5.37. The monoisotopic (exact) mass is 194 g/mol. The van der Waals surface area contributed by atoms with Crippen LogP contribution >= 0.6 is 0 Å². The van der Waals surface area contributed by atoms with Crippen molar-refractivity contribution in [3.05, 3.63) is 0 Å². The molecule has 0 radical (unpaired) electrons. The summed E-state index contributed by atoms with van der Waals surface area (Å²) in [6.07, 6.45) is 5.21. The van der Waals surface area contributed by atoms with Crippen LogP contribution in [0.15, 0.2) is 0 Å². The summed E-state index contributed by atoms with van der Waals surface area (Å²) in [4.78, 5) is 22.4. The Morgan fingerprint density at radius 2 is 2.21 bits per heavy atom. The molecule has 2 atom stereocenters. The predicted molar refractivity (Wildman–Crippen MR) is 53.9 cm³/mol. The number of ketones is 1. The van der Waals surface area contributed by atoms with Crippen molar-refractivity contribution in [2.75, 3.05) is 0 Å². The number of aldehydes is 1. The molecule has 2 nitrogen and oxygen atoms in total. The SMILES string of the molecule is CC1(C)C2CCC1(CCC=O)C(=O)C2. The molecule has 78 valence electrons. The minimum atomic E-state index is -0.154. The molecule has 0 spiro atoms. The quantitative estimate of drug-likeness (QED) is 0.646. The molecule has 0 heterocycles. The van der Waals surface area contributed by atoms with Crippen LogP contribution in [0.5, 0.6) is 0 Å². The minimum absolute atomic E-state index is 0.132. The van der Waals surface area contributed by atoms with Gasteiger partial charge in [-0.05, 0) is 30.6 Å². The van der Waals surface area contributed by atoms with Gasteiger partial charge in [-0.15, -0.1) is 0 Å². The molecular weight excluding hydrogens is 176 g/mol. The van der Waals surface area contributed by atoms with E-state index in [0.717, 1.165) is 25.5 Å². The van der Waals surface area contributed by atoms with Crippen molar-refractivity contribution >= 4 is 12.1 Å². The van der Waals surface area contributed by atoms with Crippen molar-refractivity contribution in [1.29, 1.82) is 0 Å². The molecule has 2 heteroatoms. The van der Waals surface area contributed by atoms with Crippen molar-refractivity contribution < 1.29 is 9.59 Å². The number of fused-ring (bicyclic) bond motifs is 2. The molecular formula is C12H18O2. The summed E-state index contributed by atoms with van der Waals surface area (Å²) in [6.45, 7) is 4.42. The highest BCUT2D eigenvalue weighted by molar-refractivity contribution is 5.89. The second kappa shape index (κ2) is 2.91. The summed E-state index contributed by atoms with van der Waals surface area (Å²) in [5, 5.41) is 0. The van der Waals surface area contributed by atoms with Gasteiger partial charge in [-0.25, -0.2) is 0 Å². The van der Waals surface area contributed by atoms with E-state index in [1.54, 1.807) is 0 Å². The zero-order valence-electron chi connectivity index (χ0n) is 9.01. The van der Waals surface area contributed by atoms with E-state index in [4.69, 9.17) is 0 Å². The summed E-state index contributed by atoms with van der Waals surface area (Å²) in [5.41, 5.74) is -0.0222. The first-order chi connectivity index (χ1) is 6.54. The van der Waals surface area contributed by atoms with Crippen LogP contribution in [0.25, 0.3) is 0 Å². The van der Waals surface area contributed by atoms with Gasteiger partial charge in [-0.3, -0.25) is 4.79 Å². The van der Waals surface area contributed by atoms with Crippen molar-refractivity contribution in [2.45, 2.75) is 46.0 Å². The molecule has 0 aromatic heterocycles. The Morgan fingerprint density at radius 3 is 2.64 bits per heavy atom. The molecule has 14 heavy (non-hydrogen) atoms. The maximum atomic E-state index is 12.0. The Hall–Kier alpha value is -0.660. The van der Waals surface area contributed by atoms with Gasteiger partial charge in [0.1, 0.15) is 12.1 Å². The van der Waals surface area contributed by atoms with Crippen LogP contribution in [0.2, 0.25) is 0 Å².